The van der Waals surface area contributed by atoms with Crippen LogP contribution >= 0.6 is 11.6 Å². The molecular weight excluding hydrogens is 372 g/mol. The maximum atomic E-state index is 11.9. The number of furan rings is 1. The van der Waals surface area contributed by atoms with Gasteiger partial charge in [-0.25, -0.2) is 5.43 Å². The molecule has 3 rings (SSSR count). The number of nitro groups is 1. The number of hydrogen-bond acceptors (Lipinski definition) is 6. The number of hydrazone groups is 1. The lowest BCUT2D eigenvalue weighted by Gasteiger charge is -2.00. The van der Waals surface area contributed by atoms with Gasteiger partial charge in [0.1, 0.15) is 11.5 Å². The number of aromatic nitrogens is 1. The summed E-state index contributed by atoms with van der Waals surface area (Å²) in [6, 6.07) is 10.8. The van der Waals surface area contributed by atoms with E-state index in [4.69, 9.17) is 16.0 Å². The van der Waals surface area contributed by atoms with Crippen LogP contribution in [-0.2, 0) is 0 Å². The van der Waals surface area contributed by atoms with Crippen molar-refractivity contribution in [1.82, 2.24) is 10.4 Å². The number of rotatable bonds is 5. The summed E-state index contributed by atoms with van der Waals surface area (Å²) in [5.74, 6) is 0.399. The molecule has 0 saturated carbocycles. The van der Waals surface area contributed by atoms with Crippen LogP contribution in [0.2, 0.25) is 5.02 Å². The van der Waals surface area contributed by atoms with Crippen LogP contribution in [0.15, 0.2) is 58.2 Å². The molecule has 2 aromatic heterocycles. The van der Waals surface area contributed by atoms with Gasteiger partial charge in [0.25, 0.3) is 11.6 Å². The SMILES string of the molecule is Cc1ccc(C(=O)N/N=C\c2ccc(-c3ccc([N+](=O)[O-])cc3Cl)o2)cn1. The third-order valence-corrected chi connectivity index (χ3v) is 3.90. The lowest BCUT2D eigenvalue weighted by atomic mass is 10.1. The Morgan fingerprint density at radius 3 is 2.78 bits per heavy atom. The number of halogens is 1. The summed E-state index contributed by atoms with van der Waals surface area (Å²) in [7, 11) is 0. The van der Waals surface area contributed by atoms with E-state index in [0.717, 1.165) is 5.69 Å². The van der Waals surface area contributed by atoms with Crippen molar-refractivity contribution in [2.75, 3.05) is 0 Å². The molecule has 136 valence electrons. The van der Waals surface area contributed by atoms with Crippen LogP contribution in [0.3, 0.4) is 0 Å². The summed E-state index contributed by atoms with van der Waals surface area (Å²) in [4.78, 5) is 26.2. The highest BCUT2D eigenvalue weighted by Crippen LogP contribution is 2.31. The predicted molar refractivity (Wildman–Crippen MR) is 99.8 cm³/mol. The van der Waals surface area contributed by atoms with Crippen molar-refractivity contribution in [2.24, 2.45) is 5.10 Å². The molecule has 0 unspecified atom stereocenters. The standard InChI is InChI=1S/C18H13ClN4O4/c1-11-2-3-12(9-20-11)18(24)22-21-10-14-5-7-17(27-14)15-6-4-13(23(25)26)8-16(15)19/h2-10H,1H3,(H,22,24)/b21-10-. The molecule has 1 N–H and O–H groups in total. The molecule has 0 fully saturated rings. The van der Waals surface area contributed by atoms with Crippen LogP contribution in [0, 0.1) is 17.0 Å². The molecule has 1 amide bonds. The molecule has 3 aromatic rings. The largest absolute Gasteiger partial charge is 0.455 e. The van der Waals surface area contributed by atoms with E-state index in [0.29, 0.717) is 22.6 Å². The van der Waals surface area contributed by atoms with Crippen LogP contribution in [0.25, 0.3) is 11.3 Å². The van der Waals surface area contributed by atoms with E-state index in [2.05, 4.69) is 15.5 Å². The zero-order chi connectivity index (χ0) is 19.4. The Bertz CT molecular complexity index is 1030. The van der Waals surface area contributed by atoms with Gasteiger partial charge < -0.3 is 4.42 Å². The summed E-state index contributed by atoms with van der Waals surface area (Å²) >= 11 is 6.08. The second-order valence-corrected chi connectivity index (χ2v) is 5.92. The van der Waals surface area contributed by atoms with Gasteiger partial charge in [-0.1, -0.05) is 11.6 Å². The van der Waals surface area contributed by atoms with Crippen molar-refractivity contribution in [3.8, 4) is 11.3 Å². The van der Waals surface area contributed by atoms with E-state index in [1.165, 1.54) is 30.6 Å². The van der Waals surface area contributed by atoms with E-state index < -0.39 is 10.8 Å². The van der Waals surface area contributed by atoms with Crippen molar-refractivity contribution >= 4 is 29.4 Å². The summed E-state index contributed by atoms with van der Waals surface area (Å²) in [6.45, 7) is 1.82. The number of benzene rings is 1. The molecular formula is C18H13ClN4O4. The first kappa shape index (κ1) is 18.3. The monoisotopic (exact) mass is 384 g/mol. The van der Waals surface area contributed by atoms with E-state index >= 15 is 0 Å². The number of carbonyl (C=O) groups excluding carboxylic acids is 1. The number of nitrogens with one attached hydrogen (secondary N) is 1. The van der Waals surface area contributed by atoms with Crippen LogP contribution < -0.4 is 5.43 Å². The number of hydrogen-bond donors (Lipinski definition) is 1. The van der Waals surface area contributed by atoms with Gasteiger partial charge in [0.2, 0.25) is 0 Å². The van der Waals surface area contributed by atoms with Gasteiger partial charge in [-0.15, -0.1) is 0 Å². The van der Waals surface area contributed by atoms with E-state index in [-0.39, 0.29) is 10.7 Å². The molecule has 0 bridgehead atoms. The Hall–Kier alpha value is -3.52. The Morgan fingerprint density at radius 2 is 2.11 bits per heavy atom. The third kappa shape index (κ3) is 4.36. The van der Waals surface area contributed by atoms with Crippen molar-refractivity contribution < 1.29 is 14.1 Å². The Morgan fingerprint density at radius 1 is 1.30 bits per heavy atom. The first-order chi connectivity index (χ1) is 12.9. The Balaban J connectivity index is 1.69. The predicted octanol–water partition coefficient (Wildman–Crippen LogP) is 3.98. The number of carbonyl (C=O) groups is 1. The van der Waals surface area contributed by atoms with Crippen LogP contribution in [0.5, 0.6) is 0 Å². The van der Waals surface area contributed by atoms with Gasteiger partial charge in [-0.3, -0.25) is 19.9 Å². The van der Waals surface area contributed by atoms with Crippen LogP contribution in [0.1, 0.15) is 21.8 Å². The van der Waals surface area contributed by atoms with Gasteiger partial charge in [0, 0.05) is 29.6 Å². The lowest BCUT2D eigenvalue weighted by Crippen LogP contribution is -2.17. The molecule has 0 atom stereocenters. The minimum Gasteiger partial charge on any atom is -0.455 e. The fourth-order valence-electron chi connectivity index (χ4n) is 2.21. The second-order valence-electron chi connectivity index (χ2n) is 5.51. The summed E-state index contributed by atoms with van der Waals surface area (Å²) in [5.41, 5.74) is 3.97. The Labute approximate surface area is 158 Å². The average Bonchev–Trinajstić information content (AvgIpc) is 3.10. The first-order valence-electron chi connectivity index (χ1n) is 7.74. The molecule has 0 spiro atoms. The second kappa shape index (κ2) is 7.79. The summed E-state index contributed by atoms with van der Waals surface area (Å²) in [6.07, 6.45) is 2.80. The first-order valence-corrected chi connectivity index (χ1v) is 8.12. The topological polar surface area (TPSA) is 111 Å². The molecule has 27 heavy (non-hydrogen) atoms. The van der Waals surface area contributed by atoms with Crippen LogP contribution in [-0.4, -0.2) is 22.0 Å². The maximum Gasteiger partial charge on any atom is 0.272 e. The Kier molecular flexibility index (Phi) is 5.28. The highest BCUT2D eigenvalue weighted by molar-refractivity contribution is 6.33. The van der Waals surface area contributed by atoms with Crippen molar-refractivity contribution in [3.63, 3.8) is 0 Å². The van der Waals surface area contributed by atoms with Crippen LogP contribution in [0.4, 0.5) is 5.69 Å². The number of nitrogens with zero attached hydrogens (tertiary/aromatic N) is 3. The molecule has 0 saturated heterocycles. The molecule has 0 radical (unpaired) electrons. The number of amides is 1. The molecule has 9 heteroatoms. The number of pyridine rings is 1. The fourth-order valence-corrected chi connectivity index (χ4v) is 2.47. The molecule has 2 heterocycles. The summed E-state index contributed by atoms with van der Waals surface area (Å²) in [5, 5.41) is 14.8. The van der Waals surface area contributed by atoms with E-state index in [1.54, 1.807) is 24.3 Å². The molecule has 0 aliphatic heterocycles. The zero-order valence-corrected chi connectivity index (χ0v) is 14.8. The lowest BCUT2D eigenvalue weighted by molar-refractivity contribution is -0.384. The van der Waals surface area contributed by atoms with E-state index in [1.807, 2.05) is 6.92 Å². The molecule has 1 aromatic carbocycles. The number of aryl methyl sites for hydroxylation is 1. The minimum atomic E-state index is -0.526. The zero-order valence-electron chi connectivity index (χ0n) is 14.0. The number of non-ortho nitro benzene ring substituents is 1. The quantitative estimate of drug-likeness (QED) is 0.406. The van der Waals surface area contributed by atoms with Gasteiger partial charge >= 0.3 is 0 Å². The molecule has 0 aliphatic carbocycles. The molecule has 0 aliphatic rings. The van der Waals surface area contributed by atoms with Gasteiger partial charge in [0.15, 0.2) is 0 Å². The fraction of sp³-hybridized carbons (Fsp3) is 0.0556. The van der Waals surface area contributed by atoms with E-state index in [9.17, 15) is 14.9 Å². The minimum absolute atomic E-state index is 0.106. The van der Waals surface area contributed by atoms with Crippen molar-refractivity contribution in [1.29, 1.82) is 0 Å². The maximum absolute atomic E-state index is 11.9. The highest BCUT2D eigenvalue weighted by Gasteiger charge is 2.13. The number of nitro benzene ring substituents is 1. The van der Waals surface area contributed by atoms with Crippen molar-refractivity contribution in [3.05, 3.63) is 80.8 Å². The summed E-state index contributed by atoms with van der Waals surface area (Å²) < 4.78 is 5.59. The van der Waals surface area contributed by atoms with Gasteiger partial charge in [0.05, 0.1) is 21.7 Å². The molecule has 8 nitrogen and oxygen atoms in total. The smallest absolute Gasteiger partial charge is 0.272 e. The average molecular weight is 385 g/mol. The highest BCUT2D eigenvalue weighted by atomic mass is 35.5. The third-order valence-electron chi connectivity index (χ3n) is 3.59. The van der Waals surface area contributed by atoms with Gasteiger partial charge in [-0.05, 0) is 37.3 Å². The normalized spacial score (nSPS) is 10.9. The van der Waals surface area contributed by atoms with Crippen molar-refractivity contribution in [2.45, 2.75) is 6.92 Å². The van der Waals surface area contributed by atoms with Gasteiger partial charge in [-0.2, -0.15) is 5.10 Å².